The second-order valence-corrected chi connectivity index (χ2v) is 6.74. The van der Waals surface area contributed by atoms with Crippen molar-refractivity contribution in [2.45, 2.75) is 51.4 Å². The van der Waals surface area contributed by atoms with Gasteiger partial charge in [0.05, 0.1) is 11.7 Å². The van der Waals surface area contributed by atoms with Crippen LogP contribution in [-0.4, -0.2) is 18.3 Å². The van der Waals surface area contributed by atoms with Crippen LogP contribution < -0.4 is 10.5 Å². The first-order valence-corrected chi connectivity index (χ1v) is 7.52. The van der Waals surface area contributed by atoms with Gasteiger partial charge in [0.1, 0.15) is 12.4 Å². The summed E-state index contributed by atoms with van der Waals surface area (Å²) in [5.41, 5.74) is 6.98. The fourth-order valence-electron chi connectivity index (χ4n) is 2.38. The van der Waals surface area contributed by atoms with Crippen LogP contribution in [-0.2, 0) is 4.74 Å². The summed E-state index contributed by atoms with van der Waals surface area (Å²) >= 11 is 3.46. The van der Waals surface area contributed by atoms with Crippen LogP contribution in [0.1, 0.15) is 45.2 Å². The van der Waals surface area contributed by atoms with Gasteiger partial charge in [-0.05, 0) is 51.8 Å². The van der Waals surface area contributed by atoms with Gasteiger partial charge in [0.15, 0.2) is 0 Å². The topological polar surface area (TPSA) is 44.5 Å². The molecule has 0 amide bonds. The van der Waals surface area contributed by atoms with E-state index in [1.807, 2.05) is 25.1 Å². The van der Waals surface area contributed by atoms with Gasteiger partial charge in [-0.1, -0.05) is 15.9 Å². The Morgan fingerprint density at radius 1 is 1.53 bits per heavy atom. The van der Waals surface area contributed by atoms with Gasteiger partial charge in [-0.25, -0.2) is 0 Å². The highest BCUT2D eigenvalue weighted by Crippen LogP contribution is 2.31. The summed E-state index contributed by atoms with van der Waals surface area (Å²) in [7, 11) is 0. The largest absolute Gasteiger partial charge is 0.491 e. The first-order chi connectivity index (χ1) is 8.87. The van der Waals surface area contributed by atoms with E-state index < -0.39 is 0 Å². The molecule has 0 bridgehead atoms. The van der Waals surface area contributed by atoms with Crippen molar-refractivity contribution in [2.75, 3.05) is 6.61 Å². The molecule has 1 aromatic rings. The molecule has 3 nitrogen and oxygen atoms in total. The Morgan fingerprint density at radius 2 is 2.26 bits per heavy atom. The summed E-state index contributed by atoms with van der Waals surface area (Å²) in [4.78, 5) is 0. The van der Waals surface area contributed by atoms with Crippen LogP contribution in [0.3, 0.4) is 0 Å². The highest BCUT2D eigenvalue weighted by Gasteiger charge is 2.32. The van der Waals surface area contributed by atoms with Crippen molar-refractivity contribution in [3.63, 3.8) is 0 Å². The molecule has 1 fully saturated rings. The lowest BCUT2D eigenvalue weighted by atomic mass is 10.1. The summed E-state index contributed by atoms with van der Waals surface area (Å²) in [6, 6.07) is 5.90. The fraction of sp³-hybridized carbons (Fsp3) is 0.600. The predicted octanol–water partition coefficient (Wildman–Crippen LogP) is 3.81. The molecular formula is C15H22BrNO2. The van der Waals surface area contributed by atoms with E-state index in [9.17, 15) is 0 Å². The number of hydrogen-bond donors (Lipinski definition) is 1. The quantitative estimate of drug-likeness (QED) is 0.914. The van der Waals surface area contributed by atoms with E-state index in [4.69, 9.17) is 15.2 Å². The lowest BCUT2D eigenvalue weighted by Gasteiger charge is -2.20. The van der Waals surface area contributed by atoms with Crippen LogP contribution in [0.2, 0.25) is 0 Å². The maximum atomic E-state index is 5.98. The van der Waals surface area contributed by atoms with Crippen LogP contribution in [0.4, 0.5) is 0 Å². The second kappa shape index (κ2) is 5.81. The maximum Gasteiger partial charge on any atom is 0.124 e. The van der Waals surface area contributed by atoms with Crippen LogP contribution in [0.25, 0.3) is 0 Å². The molecule has 0 saturated carbocycles. The predicted molar refractivity (Wildman–Crippen MR) is 80.4 cm³/mol. The average molecular weight is 328 g/mol. The number of hydrogen-bond acceptors (Lipinski definition) is 3. The molecule has 1 heterocycles. The SMILES string of the molecule is CC(N)c1cc(Br)ccc1OCC1CCC(C)(C)O1. The lowest BCUT2D eigenvalue weighted by Crippen LogP contribution is -2.24. The molecule has 1 aliphatic heterocycles. The second-order valence-electron chi connectivity index (χ2n) is 5.82. The molecule has 1 aliphatic rings. The van der Waals surface area contributed by atoms with Crippen molar-refractivity contribution in [3.8, 4) is 5.75 Å². The molecule has 2 rings (SSSR count). The van der Waals surface area contributed by atoms with Crippen LogP contribution >= 0.6 is 15.9 Å². The molecule has 1 saturated heterocycles. The Labute approximate surface area is 123 Å². The minimum Gasteiger partial charge on any atom is -0.491 e. The monoisotopic (exact) mass is 327 g/mol. The summed E-state index contributed by atoms with van der Waals surface area (Å²) < 4.78 is 12.9. The third kappa shape index (κ3) is 3.94. The Morgan fingerprint density at radius 3 is 2.84 bits per heavy atom. The lowest BCUT2D eigenvalue weighted by molar-refractivity contribution is -0.0327. The van der Waals surface area contributed by atoms with E-state index in [1.165, 1.54) is 0 Å². The Balaban J connectivity index is 2.00. The highest BCUT2D eigenvalue weighted by atomic mass is 79.9. The van der Waals surface area contributed by atoms with Crippen LogP contribution in [0.5, 0.6) is 5.75 Å². The third-order valence-corrected chi connectivity index (χ3v) is 3.93. The van der Waals surface area contributed by atoms with E-state index in [0.717, 1.165) is 28.6 Å². The Hall–Kier alpha value is -0.580. The molecule has 2 unspecified atom stereocenters. The first-order valence-electron chi connectivity index (χ1n) is 6.73. The smallest absolute Gasteiger partial charge is 0.124 e. The molecule has 106 valence electrons. The summed E-state index contributed by atoms with van der Waals surface area (Å²) in [5, 5.41) is 0. The van der Waals surface area contributed by atoms with Gasteiger partial charge in [-0.3, -0.25) is 0 Å². The van der Waals surface area contributed by atoms with E-state index in [0.29, 0.717) is 6.61 Å². The van der Waals surface area contributed by atoms with Gasteiger partial charge in [-0.15, -0.1) is 0 Å². The van der Waals surface area contributed by atoms with Gasteiger partial charge in [0.25, 0.3) is 0 Å². The molecular weight excluding hydrogens is 306 g/mol. The number of ether oxygens (including phenoxy) is 2. The summed E-state index contributed by atoms with van der Waals surface area (Å²) in [6.45, 7) is 6.80. The first kappa shape index (κ1) is 14.8. The van der Waals surface area contributed by atoms with Gasteiger partial charge < -0.3 is 15.2 Å². The van der Waals surface area contributed by atoms with Crippen molar-refractivity contribution in [1.82, 2.24) is 0 Å². The van der Waals surface area contributed by atoms with Gasteiger partial charge in [0.2, 0.25) is 0 Å². The molecule has 1 aromatic carbocycles. The fourth-order valence-corrected chi connectivity index (χ4v) is 2.76. The molecule has 2 atom stereocenters. The zero-order valence-electron chi connectivity index (χ0n) is 11.8. The average Bonchev–Trinajstić information content (AvgIpc) is 2.67. The van der Waals surface area contributed by atoms with Gasteiger partial charge in [0, 0.05) is 16.1 Å². The van der Waals surface area contributed by atoms with E-state index >= 15 is 0 Å². The van der Waals surface area contributed by atoms with Crippen molar-refractivity contribution in [3.05, 3.63) is 28.2 Å². The van der Waals surface area contributed by atoms with Crippen molar-refractivity contribution in [1.29, 1.82) is 0 Å². The van der Waals surface area contributed by atoms with Crippen LogP contribution in [0, 0.1) is 0 Å². The number of halogens is 1. The Bertz CT molecular complexity index is 446. The molecule has 0 spiro atoms. The molecule has 0 aromatic heterocycles. The number of benzene rings is 1. The van der Waals surface area contributed by atoms with Crippen LogP contribution in [0.15, 0.2) is 22.7 Å². The molecule has 19 heavy (non-hydrogen) atoms. The summed E-state index contributed by atoms with van der Waals surface area (Å²) in [6.07, 6.45) is 2.32. The zero-order chi connectivity index (χ0) is 14.0. The van der Waals surface area contributed by atoms with Gasteiger partial charge >= 0.3 is 0 Å². The van der Waals surface area contributed by atoms with Crippen molar-refractivity contribution in [2.24, 2.45) is 5.73 Å². The zero-order valence-corrected chi connectivity index (χ0v) is 13.4. The molecule has 0 aliphatic carbocycles. The third-order valence-electron chi connectivity index (χ3n) is 3.44. The minimum atomic E-state index is -0.0477. The number of nitrogens with two attached hydrogens (primary N) is 1. The minimum absolute atomic E-state index is 0.0161. The van der Waals surface area contributed by atoms with Gasteiger partial charge in [-0.2, -0.15) is 0 Å². The normalized spacial score (nSPS) is 23.3. The van der Waals surface area contributed by atoms with E-state index in [1.54, 1.807) is 0 Å². The van der Waals surface area contributed by atoms with Crippen molar-refractivity contribution >= 4 is 15.9 Å². The number of rotatable bonds is 4. The molecule has 2 N–H and O–H groups in total. The Kier molecular flexibility index (Phi) is 4.54. The molecule has 4 heteroatoms. The van der Waals surface area contributed by atoms with E-state index in [2.05, 4.69) is 29.8 Å². The maximum absolute atomic E-state index is 5.98. The van der Waals surface area contributed by atoms with E-state index in [-0.39, 0.29) is 17.7 Å². The standard InChI is InChI=1S/C15H22BrNO2/c1-10(17)13-8-11(16)4-5-14(13)18-9-12-6-7-15(2,3)19-12/h4-5,8,10,12H,6-7,9,17H2,1-3H3. The highest BCUT2D eigenvalue weighted by molar-refractivity contribution is 9.10. The van der Waals surface area contributed by atoms with Crippen molar-refractivity contribution < 1.29 is 9.47 Å². The summed E-state index contributed by atoms with van der Waals surface area (Å²) in [5.74, 6) is 0.853. The molecule has 0 radical (unpaired) electrons.